The van der Waals surface area contributed by atoms with Crippen LogP contribution >= 0.6 is 11.6 Å². The molecule has 1 heterocycles. The average Bonchev–Trinajstić information content (AvgIpc) is 2.19. The molecule has 1 atom stereocenters. The smallest absolute Gasteiger partial charge is 0.278 e. The third-order valence-electron chi connectivity index (χ3n) is 1.64. The van der Waals surface area contributed by atoms with E-state index in [2.05, 4.69) is 4.98 Å². The molecule has 0 saturated carbocycles. The lowest BCUT2D eigenvalue weighted by molar-refractivity contribution is 0.0802. The van der Waals surface area contributed by atoms with Crippen LogP contribution in [0.4, 0.5) is 5.69 Å². The molecule has 78 valence electrons. The second-order valence-electron chi connectivity index (χ2n) is 2.74. The minimum absolute atomic E-state index is 0.0651. The molecule has 1 aromatic heterocycles. The maximum atomic E-state index is 11.4. The van der Waals surface area contributed by atoms with Crippen molar-refractivity contribution >= 4 is 17.3 Å². The summed E-state index contributed by atoms with van der Waals surface area (Å²) in [5.41, 5.74) is 4.63. The summed E-state index contributed by atoms with van der Waals surface area (Å²) in [6.07, 6.45) is 0.148. The van der Waals surface area contributed by atoms with Gasteiger partial charge in [-0.1, -0.05) is 11.6 Å². The number of aliphatic hydroxyl groups is 2. The molecule has 0 bridgehead atoms. The van der Waals surface area contributed by atoms with Gasteiger partial charge in [-0.05, 0) is 0 Å². The Morgan fingerprint density at radius 3 is 2.93 bits per heavy atom. The summed E-state index contributed by atoms with van der Waals surface area (Å²) in [5, 5.41) is 17.6. The molecule has 1 unspecified atom stereocenters. The Morgan fingerprint density at radius 2 is 2.36 bits per heavy atom. The number of rotatable bonds is 3. The van der Waals surface area contributed by atoms with Crippen molar-refractivity contribution in [2.24, 2.45) is 0 Å². The molecule has 0 radical (unpaired) electrons. The van der Waals surface area contributed by atoms with Crippen molar-refractivity contribution in [2.45, 2.75) is 12.6 Å². The number of hydrogen-bond donors (Lipinski definition) is 3. The molecule has 0 aliphatic heterocycles. The lowest BCUT2D eigenvalue weighted by Gasteiger charge is -2.09. The fourth-order valence-electron chi connectivity index (χ4n) is 0.900. The minimum atomic E-state index is -1.02. The maximum Gasteiger partial charge on any atom is 0.278 e. The minimum Gasteiger partial charge on any atom is -0.394 e. The number of nitrogens with two attached hydrogens (primary N) is 1. The van der Waals surface area contributed by atoms with Crippen LogP contribution in [0.5, 0.6) is 0 Å². The second kappa shape index (κ2) is 4.41. The van der Waals surface area contributed by atoms with E-state index in [-0.39, 0.29) is 17.4 Å². The van der Waals surface area contributed by atoms with Gasteiger partial charge in [-0.25, -0.2) is 4.98 Å². The lowest BCUT2D eigenvalue weighted by Crippen LogP contribution is -2.30. The predicted octanol–water partition coefficient (Wildman–Crippen LogP) is -1.17. The molecule has 0 amide bonds. The number of nitrogens with zero attached hydrogens (tertiary/aromatic N) is 2. The first-order chi connectivity index (χ1) is 6.56. The van der Waals surface area contributed by atoms with Crippen LogP contribution < -0.4 is 11.3 Å². The standard InChI is InChI=1S/C7H10ClN3O3/c8-6-5(9)7(14)11(3-10-6)1-4(13)2-12/h3-4,12-13H,1-2,9H2. The van der Waals surface area contributed by atoms with Gasteiger partial charge in [0, 0.05) is 0 Å². The molecular formula is C7H10ClN3O3. The zero-order valence-corrected chi connectivity index (χ0v) is 7.98. The highest BCUT2D eigenvalue weighted by atomic mass is 35.5. The van der Waals surface area contributed by atoms with Gasteiger partial charge in [0.05, 0.1) is 25.6 Å². The zero-order chi connectivity index (χ0) is 10.7. The molecule has 1 aromatic rings. The van der Waals surface area contributed by atoms with Gasteiger partial charge in [-0.2, -0.15) is 0 Å². The molecule has 1 rings (SSSR count). The van der Waals surface area contributed by atoms with E-state index in [1.54, 1.807) is 0 Å². The topological polar surface area (TPSA) is 101 Å². The van der Waals surface area contributed by atoms with Crippen molar-refractivity contribution in [3.63, 3.8) is 0 Å². The maximum absolute atomic E-state index is 11.4. The fraction of sp³-hybridized carbons (Fsp3) is 0.429. The fourth-order valence-corrected chi connectivity index (χ4v) is 1.02. The third-order valence-corrected chi connectivity index (χ3v) is 1.94. The van der Waals surface area contributed by atoms with Crippen LogP contribution in [-0.2, 0) is 6.54 Å². The molecule has 0 aromatic carbocycles. The van der Waals surface area contributed by atoms with Crippen molar-refractivity contribution in [3.8, 4) is 0 Å². The molecule has 0 fully saturated rings. The van der Waals surface area contributed by atoms with Crippen molar-refractivity contribution < 1.29 is 10.2 Å². The number of anilines is 1. The Morgan fingerprint density at radius 1 is 1.71 bits per heavy atom. The van der Waals surface area contributed by atoms with Crippen LogP contribution in [0.25, 0.3) is 0 Å². The van der Waals surface area contributed by atoms with Crippen LogP contribution in [0.3, 0.4) is 0 Å². The summed E-state index contributed by atoms with van der Waals surface area (Å²) in [4.78, 5) is 15.0. The predicted molar refractivity (Wildman–Crippen MR) is 51.0 cm³/mol. The van der Waals surface area contributed by atoms with E-state index in [0.717, 1.165) is 4.57 Å². The second-order valence-corrected chi connectivity index (χ2v) is 3.10. The normalized spacial score (nSPS) is 12.8. The first-order valence-electron chi connectivity index (χ1n) is 3.85. The first kappa shape index (κ1) is 11.0. The molecule has 0 aliphatic rings. The Labute approximate surface area is 84.6 Å². The van der Waals surface area contributed by atoms with Gasteiger partial charge < -0.3 is 15.9 Å². The number of aliphatic hydroxyl groups excluding tert-OH is 2. The summed E-state index contributed by atoms with van der Waals surface area (Å²) < 4.78 is 1.09. The largest absolute Gasteiger partial charge is 0.394 e. The summed E-state index contributed by atoms with van der Waals surface area (Å²) >= 11 is 5.50. The van der Waals surface area contributed by atoms with Crippen LogP contribution in [0, 0.1) is 0 Å². The SMILES string of the molecule is Nc1c(Cl)ncn(CC(O)CO)c1=O. The molecule has 4 N–H and O–H groups in total. The summed E-state index contributed by atoms with van der Waals surface area (Å²) in [5.74, 6) is 0. The van der Waals surface area contributed by atoms with Crippen LogP contribution in [0.1, 0.15) is 0 Å². The van der Waals surface area contributed by atoms with E-state index in [4.69, 9.17) is 27.5 Å². The van der Waals surface area contributed by atoms with Gasteiger partial charge in [0.25, 0.3) is 5.56 Å². The Balaban J connectivity index is 3.00. The van der Waals surface area contributed by atoms with Crippen LogP contribution in [0.15, 0.2) is 11.1 Å². The van der Waals surface area contributed by atoms with E-state index >= 15 is 0 Å². The van der Waals surface area contributed by atoms with Crippen molar-refractivity contribution in [2.75, 3.05) is 12.3 Å². The molecule has 0 spiro atoms. The van der Waals surface area contributed by atoms with Gasteiger partial charge in [-0.3, -0.25) is 9.36 Å². The van der Waals surface area contributed by atoms with Crippen LogP contribution in [-0.4, -0.2) is 32.5 Å². The summed E-state index contributed by atoms with van der Waals surface area (Å²) in [6.45, 7) is -0.501. The zero-order valence-electron chi connectivity index (χ0n) is 7.22. The highest BCUT2D eigenvalue weighted by molar-refractivity contribution is 6.31. The van der Waals surface area contributed by atoms with Gasteiger partial charge in [0.1, 0.15) is 5.69 Å². The van der Waals surface area contributed by atoms with E-state index in [0.29, 0.717) is 0 Å². The Kier molecular flexibility index (Phi) is 3.45. The Hall–Kier alpha value is -1.11. The first-order valence-corrected chi connectivity index (χ1v) is 4.23. The number of hydrogen-bond acceptors (Lipinski definition) is 5. The molecule has 0 saturated heterocycles. The van der Waals surface area contributed by atoms with Gasteiger partial charge in [0.15, 0.2) is 5.15 Å². The average molecular weight is 220 g/mol. The molecule has 7 heteroatoms. The molecule has 6 nitrogen and oxygen atoms in total. The number of nitrogen functional groups attached to an aromatic ring is 1. The van der Waals surface area contributed by atoms with Gasteiger partial charge in [-0.15, -0.1) is 0 Å². The highest BCUT2D eigenvalue weighted by Crippen LogP contribution is 2.07. The van der Waals surface area contributed by atoms with Crippen LogP contribution in [0.2, 0.25) is 5.15 Å². The van der Waals surface area contributed by atoms with Gasteiger partial charge in [0.2, 0.25) is 0 Å². The summed E-state index contributed by atoms with van der Waals surface area (Å²) in [7, 11) is 0. The van der Waals surface area contributed by atoms with Gasteiger partial charge >= 0.3 is 0 Å². The van der Waals surface area contributed by atoms with Crippen molar-refractivity contribution in [1.82, 2.24) is 9.55 Å². The van der Waals surface area contributed by atoms with E-state index in [9.17, 15) is 4.79 Å². The Bertz CT molecular complexity index is 379. The van der Waals surface area contributed by atoms with E-state index in [1.807, 2.05) is 0 Å². The van der Waals surface area contributed by atoms with Crippen molar-refractivity contribution in [1.29, 1.82) is 0 Å². The molecular weight excluding hydrogens is 210 g/mol. The monoisotopic (exact) mass is 219 g/mol. The molecule has 0 aliphatic carbocycles. The third kappa shape index (κ3) is 2.22. The lowest BCUT2D eigenvalue weighted by atomic mass is 10.3. The van der Waals surface area contributed by atoms with Crippen molar-refractivity contribution in [3.05, 3.63) is 21.8 Å². The van der Waals surface area contributed by atoms with E-state index in [1.165, 1.54) is 6.33 Å². The quantitative estimate of drug-likeness (QED) is 0.557. The highest BCUT2D eigenvalue weighted by Gasteiger charge is 2.09. The number of halogens is 1. The van der Waals surface area contributed by atoms with E-state index < -0.39 is 18.3 Å². The summed E-state index contributed by atoms with van der Waals surface area (Å²) in [6, 6.07) is 0. The number of aromatic nitrogens is 2. The molecule has 14 heavy (non-hydrogen) atoms.